The zero-order chi connectivity index (χ0) is 11.7. The van der Waals surface area contributed by atoms with Crippen LogP contribution in [0.25, 0.3) is 0 Å². The lowest BCUT2D eigenvalue weighted by Gasteiger charge is -2.49. The van der Waals surface area contributed by atoms with Crippen LogP contribution in [0.2, 0.25) is 0 Å². The first-order valence-electron chi connectivity index (χ1n) is 7.80. The summed E-state index contributed by atoms with van der Waals surface area (Å²) in [7, 11) is 0. The molecule has 2 nitrogen and oxygen atoms in total. The van der Waals surface area contributed by atoms with Crippen molar-refractivity contribution >= 4 is 0 Å². The van der Waals surface area contributed by atoms with Gasteiger partial charge in [-0.15, -0.1) is 0 Å². The lowest BCUT2D eigenvalue weighted by atomic mass is 9.76. The van der Waals surface area contributed by atoms with Crippen molar-refractivity contribution < 1.29 is 5.11 Å². The Kier molecular flexibility index (Phi) is 3.72. The molecule has 0 amide bonds. The van der Waals surface area contributed by atoms with E-state index in [4.69, 9.17) is 0 Å². The Labute approximate surface area is 105 Å². The normalized spacial score (nSPS) is 44.3. The van der Waals surface area contributed by atoms with E-state index in [9.17, 15) is 5.11 Å². The van der Waals surface area contributed by atoms with Crippen molar-refractivity contribution in [2.75, 3.05) is 6.54 Å². The van der Waals surface area contributed by atoms with Gasteiger partial charge in [-0.2, -0.15) is 0 Å². The molecule has 4 atom stereocenters. The Balaban J connectivity index is 1.71. The minimum absolute atomic E-state index is 0.0376. The van der Waals surface area contributed by atoms with Crippen LogP contribution in [0.5, 0.6) is 0 Å². The minimum atomic E-state index is -0.0376. The molecule has 3 rings (SSSR count). The molecule has 17 heavy (non-hydrogen) atoms. The fourth-order valence-corrected chi connectivity index (χ4v) is 4.55. The van der Waals surface area contributed by atoms with Crippen LogP contribution in [0.3, 0.4) is 0 Å². The predicted molar refractivity (Wildman–Crippen MR) is 69.9 cm³/mol. The minimum Gasteiger partial charge on any atom is -0.391 e. The monoisotopic (exact) mass is 237 g/mol. The average Bonchev–Trinajstić information content (AvgIpc) is 2.39. The molecule has 1 heterocycles. The molecule has 2 saturated carbocycles. The van der Waals surface area contributed by atoms with Crippen molar-refractivity contribution in [3.63, 3.8) is 0 Å². The Morgan fingerprint density at radius 2 is 1.35 bits per heavy atom. The van der Waals surface area contributed by atoms with Gasteiger partial charge in [-0.1, -0.05) is 25.7 Å². The van der Waals surface area contributed by atoms with Crippen molar-refractivity contribution in [1.29, 1.82) is 0 Å². The molecule has 3 fully saturated rings. The maximum atomic E-state index is 10.3. The third-order valence-electron chi connectivity index (χ3n) is 5.41. The fourth-order valence-electron chi connectivity index (χ4n) is 4.55. The second-order valence-corrected chi connectivity index (χ2v) is 6.41. The number of rotatable bonds is 1. The number of piperidine rings is 1. The summed E-state index contributed by atoms with van der Waals surface area (Å²) in [5.74, 6) is 0.951. The Hall–Kier alpha value is -0.0800. The van der Waals surface area contributed by atoms with Crippen LogP contribution in [-0.2, 0) is 0 Å². The number of hydrogen-bond donors (Lipinski definition) is 1. The number of aliphatic hydroxyl groups is 1. The molecule has 1 saturated heterocycles. The Morgan fingerprint density at radius 1 is 0.706 bits per heavy atom. The number of fused-ring (bicyclic) bond motifs is 1. The molecule has 2 heteroatoms. The maximum Gasteiger partial charge on any atom is 0.0695 e. The van der Waals surface area contributed by atoms with Gasteiger partial charge in [-0.05, 0) is 51.0 Å². The highest BCUT2D eigenvalue weighted by Crippen LogP contribution is 2.38. The molecule has 1 aliphatic heterocycles. The van der Waals surface area contributed by atoms with E-state index in [1.807, 2.05) is 0 Å². The van der Waals surface area contributed by atoms with E-state index in [0.29, 0.717) is 6.04 Å². The number of hydrogen-bond acceptors (Lipinski definition) is 2. The van der Waals surface area contributed by atoms with E-state index in [-0.39, 0.29) is 6.10 Å². The third kappa shape index (κ3) is 2.39. The lowest BCUT2D eigenvalue weighted by Crippen LogP contribution is -2.55. The highest BCUT2D eigenvalue weighted by atomic mass is 16.3. The van der Waals surface area contributed by atoms with Gasteiger partial charge in [0.25, 0.3) is 0 Å². The largest absolute Gasteiger partial charge is 0.391 e. The summed E-state index contributed by atoms with van der Waals surface area (Å²) in [4.78, 5) is 2.72. The summed E-state index contributed by atoms with van der Waals surface area (Å²) in [6.07, 6.45) is 13.3. The van der Waals surface area contributed by atoms with Crippen LogP contribution in [0, 0.1) is 5.92 Å². The Morgan fingerprint density at radius 3 is 2.18 bits per heavy atom. The molecule has 0 spiro atoms. The summed E-state index contributed by atoms with van der Waals surface area (Å²) < 4.78 is 0. The quantitative estimate of drug-likeness (QED) is 0.758. The van der Waals surface area contributed by atoms with Gasteiger partial charge in [0.2, 0.25) is 0 Å². The van der Waals surface area contributed by atoms with Crippen molar-refractivity contribution in [1.82, 2.24) is 4.90 Å². The molecular formula is C15H27NO. The molecular weight excluding hydrogens is 210 g/mol. The van der Waals surface area contributed by atoms with E-state index < -0.39 is 0 Å². The second-order valence-electron chi connectivity index (χ2n) is 6.41. The first-order chi connectivity index (χ1) is 8.36. The number of nitrogens with zero attached hydrogens (tertiary/aromatic N) is 1. The highest BCUT2D eigenvalue weighted by molar-refractivity contribution is 4.93. The molecule has 0 aromatic carbocycles. The topological polar surface area (TPSA) is 23.5 Å². The molecule has 1 N–H and O–H groups in total. The van der Waals surface area contributed by atoms with Crippen molar-refractivity contribution in [2.45, 2.75) is 82.4 Å². The van der Waals surface area contributed by atoms with Crippen molar-refractivity contribution in [2.24, 2.45) is 5.92 Å². The van der Waals surface area contributed by atoms with Gasteiger partial charge in [0.05, 0.1) is 6.10 Å². The van der Waals surface area contributed by atoms with Crippen LogP contribution in [0.4, 0.5) is 0 Å². The van der Waals surface area contributed by atoms with Gasteiger partial charge in [-0.25, -0.2) is 0 Å². The van der Waals surface area contributed by atoms with Crippen molar-refractivity contribution in [3.05, 3.63) is 0 Å². The van der Waals surface area contributed by atoms with Crippen LogP contribution in [0.1, 0.15) is 64.2 Å². The van der Waals surface area contributed by atoms with Crippen LogP contribution in [0.15, 0.2) is 0 Å². The fraction of sp³-hybridized carbons (Fsp3) is 1.00. The summed E-state index contributed by atoms with van der Waals surface area (Å²) >= 11 is 0. The maximum absolute atomic E-state index is 10.3. The van der Waals surface area contributed by atoms with Gasteiger partial charge < -0.3 is 5.11 Å². The Bertz CT molecular complexity index is 247. The molecule has 0 aromatic heterocycles. The van der Waals surface area contributed by atoms with Gasteiger partial charge in [0.1, 0.15) is 0 Å². The second kappa shape index (κ2) is 5.27. The standard InChI is InChI=1S/C15H27NO/c17-15-10-4-3-9-14(15)16-11-5-7-12-6-1-2-8-13(12)16/h12-15,17H,1-11H2/t12-,13-,14+,15+/m1/s1. The van der Waals surface area contributed by atoms with Gasteiger partial charge in [0.15, 0.2) is 0 Å². The zero-order valence-electron chi connectivity index (χ0n) is 11.0. The van der Waals surface area contributed by atoms with E-state index in [0.717, 1.165) is 18.4 Å². The summed E-state index contributed by atoms with van der Waals surface area (Å²) in [5.41, 5.74) is 0. The first-order valence-corrected chi connectivity index (χ1v) is 7.80. The highest BCUT2D eigenvalue weighted by Gasteiger charge is 2.39. The summed E-state index contributed by atoms with van der Waals surface area (Å²) in [5, 5.41) is 10.3. The molecule has 3 aliphatic rings. The third-order valence-corrected chi connectivity index (χ3v) is 5.41. The van der Waals surface area contributed by atoms with Crippen LogP contribution >= 0.6 is 0 Å². The predicted octanol–water partition coefficient (Wildman–Crippen LogP) is 2.94. The molecule has 98 valence electrons. The van der Waals surface area contributed by atoms with Gasteiger partial charge >= 0.3 is 0 Å². The van der Waals surface area contributed by atoms with Crippen LogP contribution in [-0.4, -0.2) is 34.7 Å². The zero-order valence-corrected chi connectivity index (χ0v) is 11.0. The average molecular weight is 237 g/mol. The first kappa shape index (κ1) is 12.0. The van der Waals surface area contributed by atoms with E-state index in [2.05, 4.69) is 4.90 Å². The van der Waals surface area contributed by atoms with E-state index in [1.54, 1.807) is 0 Å². The van der Waals surface area contributed by atoms with Crippen LogP contribution < -0.4 is 0 Å². The van der Waals surface area contributed by atoms with E-state index in [1.165, 1.54) is 64.3 Å². The van der Waals surface area contributed by atoms with Gasteiger partial charge in [-0.3, -0.25) is 4.90 Å². The molecule has 0 bridgehead atoms. The summed E-state index contributed by atoms with van der Waals surface area (Å²) in [6, 6.07) is 1.31. The number of likely N-dealkylation sites (tertiary alicyclic amines) is 1. The molecule has 0 radical (unpaired) electrons. The SMILES string of the molecule is O[C@H]1CCCC[C@@H]1N1CCC[C@H]2CCCC[C@H]21. The van der Waals surface area contributed by atoms with Gasteiger partial charge in [0, 0.05) is 12.1 Å². The van der Waals surface area contributed by atoms with E-state index >= 15 is 0 Å². The van der Waals surface area contributed by atoms with Crippen molar-refractivity contribution in [3.8, 4) is 0 Å². The molecule has 0 aromatic rings. The number of aliphatic hydroxyl groups excluding tert-OH is 1. The summed E-state index contributed by atoms with van der Waals surface area (Å²) in [6.45, 7) is 1.25. The molecule has 0 unspecified atom stereocenters. The lowest BCUT2D eigenvalue weighted by molar-refractivity contribution is -0.0434. The molecule has 2 aliphatic carbocycles. The smallest absolute Gasteiger partial charge is 0.0695 e.